The van der Waals surface area contributed by atoms with Gasteiger partial charge in [-0.1, -0.05) is 23.8 Å². The maximum absolute atomic E-state index is 3.58. The van der Waals surface area contributed by atoms with Crippen molar-refractivity contribution in [1.29, 1.82) is 0 Å². The fourth-order valence-electron chi connectivity index (χ4n) is 3.85. The Labute approximate surface area is 111 Å². The molecule has 0 amide bonds. The zero-order valence-corrected chi connectivity index (χ0v) is 11.9. The quantitative estimate of drug-likeness (QED) is 0.853. The molecule has 18 heavy (non-hydrogen) atoms. The van der Waals surface area contributed by atoms with Crippen LogP contribution >= 0.6 is 0 Å². The minimum atomic E-state index is 0.679. The van der Waals surface area contributed by atoms with E-state index in [1.807, 2.05) is 0 Å². The predicted molar refractivity (Wildman–Crippen MR) is 76.8 cm³/mol. The van der Waals surface area contributed by atoms with Crippen LogP contribution in [-0.4, -0.2) is 13.1 Å². The third kappa shape index (κ3) is 2.33. The van der Waals surface area contributed by atoms with Crippen molar-refractivity contribution in [1.82, 2.24) is 5.32 Å². The second kappa shape index (κ2) is 4.70. The molecule has 1 N–H and O–H groups in total. The van der Waals surface area contributed by atoms with Crippen molar-refractivity contribution in [3.05, 3.63) is 34.9 Å². The number of rotatable bonds is 4. The standard InChI is InChI=1S/C17H25N/c1-11-4-5-12(2)13(6-11)10-17(18-3)16-8-14-7-15(14)9-16/h4-6,14-18H,7-10H2,1-3H3. The minimum absolute atomic E-state index is 0.679. The molecule has 1 nitrogen and oxygen atoms in total. The van der Waals surface area contributed by atoms with Gasteiger partial charge in [-0.15, -0.1) is 0 Å². The van der Waals surface area contributed by atoms with Gasteiger partial charge in [0.05, 0.1) is 0 Å². The van der Waals surface area contributed by atoms with Gasteiger partial charge in [0.1, 0.15) is 0 Å². The molecule has 3 unspecified atom stereocenters. The highest BCUT2D eigenvalue weighted by Gasteiger charge is 2.47. The Morgan fingerprint density at radius 3 is 2.56 bits per heavy atom. The smallest absolute Gasteiger partial charge is 0.0133 e. The molecule has 0 radical (unpaired) electrons. The highest BCUT2D eigenvalue weighted by molar-refractivity contribution is 5.31. The summed E-state index contributed by atoms with van der Waals surface area (Å²) in [6, 6.07) is 7.54. The maximum atomic E-state index is 3.58. The third-order valence-electron chi connectivity index (χ3n) is 5.16. The molecule has 1 aromatic carbocycles. The molecule has 98 valence electrons. The van der Waals surface area contributed by atoms with E-state index in [-0.39, 0.29) is 0 Å². The van der Waals surface area contributed by atoms with Crippen LogP contribution in [0, 0.1) is 31.6 Å². The lowest BCUT2D eigenvalue weighted by Crippen LogP contribution is -2.35. The van der Waals surface area contributed by atoms with Crippen LogP contribution in [0.4, 0.5) is 0 Å². The summed E-state index contributed by atoms with van der Waals surface area (Å²) in [7, 11) is 2.14. The first-order chi connectivity index (χ1) is 8.67. The van der Waals surface area contributed by atoms with Crippen molar-refractivity contribution < 1.29 is 0 Å². The van der Waals surface area contributed by atoms with Gasteiger partial charge in [0, 0.05) is 6.04 Å². The molecule has 0 saturated heterocycles. The van der Waals surface area contributed by atoms with E-state index in [0.29, 0.717) is 6.04 Å². The summed E-state index contributed by atoms with van der Waals surface area (Å²) in [5.41, 5.74) is 4.37. The summed E-state index contributed by atoms with van der Waals surface area (Å²) in [5.74, 6) is 3.09. The summed E-state index contributed by atoms with van der Waals surface area (Å²) in [4.78, 5) is 0. The number of fused-ring (bicyclic) bond motifs is 1. The Morgan fingerprint density at radius 1 is 1.17 bits per heavy atom. The molecule has 2 fully saturated rings. The van der Waals surface area contributed by atoms with Gasteiger partial charge in [0.15, 0.2) is 0 Å². The van der Waals surface area contributed by atoms with Gasteiger partial charge in [-0.05, 0) is 75.5 Å². The lowest BCUT2D eigenvalue weighted by Gasteiger charge is -2.25. The summed E-state index contributed by atoms with van der Waals surface area (Å²) in [6.07, 6.45) is 5.67. The molecule has 0 bridgehead atoms. The van der Waals surface area contributed by atoms with Crippen molar-refractivity contribution in [2.24, 2.45) is 17.8 Å². The molecule has 0 aliphatic heterocycles. The Hall–Kier alpha value is -0.820. The molecule has 2 aliphatic carbocycles. The summed E-state index contributed by atoms with van der Waals surface area (Å²) in [6.45, 7) is 4.44. The fraction of sp³-hybridized carbons (Fsp3) is 0.647. The van der Waals surface area contributed by atoms with Crippen LogP contribution in [0.15, 0.2) is 18.2 Å². The second-order valence-electron chi connectivity index (χ2n) is 6.52. The van der Waals surface area contributed by atoms with Gasteiger partial charge in [0.2, 0.25) is 0 Å². The van der Waals surface area contributed by atoms with E-state index in [4.69, 9.17) is 0 Å². The average Bonchev–Trinajstić information content (AvgIpc) is 2.97. The molecule has 0 heterocycles. The number of nitrogens with one attached hydrogen (secondary N) is 1. The third-order valence-corrected chi connectivity index (χ3v) is 5.16. The van der Waals surface area contributed by atoms with Crippen LogP contribution in [0.3, 0.4) is 0 Å². The number of benzene rings is 1. The van der Waals surface area contributed by atoms with Gasteiger partial charge in [0.25, 0.3) is 0 Å². The van der Waals surface area contributed by atoms with E-state index in [2.05, 4.69) is 44.4 Å². The van der Waals surface area contributed by atoms with Crippen molar-refractivity contribution >= 4 is 0 Å². The normalized spacial score (nSPS) is 31.2. The highest BCUT2D eigenvalue weighted by Crippen LogP contribution is 2.55. The van der Waals surface area contributed by atoms with E-state index >= 15 is 0 Å². The van der Waals surface area contributed by atoms with E-state index in [0.717, 1.165) is 17.8 Å². The van der Waals surface area contributed by atoms with Crippen molar-refractivity contribution in [3.8, 4) is 0 Å². The SMILES string of the molecule is CNC(Cc1cc(C)ccc1C)C1CC2CC2C1. The molecule has 1 aromatic rings. The number of hydrogen-bond donors (Lipinski definition) is 1. The van der Waals surface area contributed by atoms with Crippen LogP contribution in [-0.2, 0) is 6.42 Å². The van der Waals surface area contributed by atoms with Crippen molar-refractivity contribution in [2.75, 3.05) is 7.05 Å². The Bertz CT molecular complexity index is 427. The number of hydrogen-bond acceptors (Lipinski definition) is 1. The van der Waals surface area contributed by atoms with Crippen molar-refractivity contribution in [2.45, 2.75) is 45.6 Å². The van der Waals surface area contributed by atoms with Crippen LogP contribution in [0.5, 0.6) is 0 Å². The first-order valence-corrected chi connectivity index (χ1v) is 7.40. The van der Waals surface area contributed by atoms with E-state index < -0.39 is 0 Å². The molecule has 0 spiro atoms. The molecule has 2 saturated carbocycles. The molecular weight excluding hydrogens is 218 g/mol. The van der Waals surface area contributed by atoms with E-state index in [1.54, 1.807) is 0 Å². The van der Waals surface area contributed by atoms with Crippen LogP contribution < -0.4 is 5.32 Å². The number of aryl methyl sites for hydroxylation is 2. The lowest BCUT2D eigenvalue weighted by atomic mass is 9.88. The van der Waals surface area contributed by atoms with Crippen molar-refractivity contribution in [3.63, 3.8) is 0 Å². The minimum Gasteiger partial charge on any atom is -0.316 e. The van der Waals surface area contributed by atoms with Gasteiger partial charge < -0.3 is 5.32 Å². The van der Waals surface area contributed by atoms with Gasteiger partial charge in [-0.25, -0.2) is 0 Å². The molecule has 2 aliphatic rings. The number of likely N-dealkylation sites (N-methyl/N-ethyl adjacent to an activating group) is 1. The fourth-order valence-corrected chi connectivity index (χ4v) is 3.85. The topological polar surface area (TPSA) is 12.0 Å². The molecule has 3 rings (SSSR count). The van der Waals surface area contributed by atoms with Gasteiger partial charge in [-0.3, -0.25) is 0 Å². The monoisotopic (exact) mass is 243 g/mol. The van der Waals surface area contributed by atoms with Crippen LogP contribution in [0.2, 0.25) is 0 Å². The zero-order valence-electron chi connectivity index (χ0n) is 11.9. The lowest BCUT2D eigenvalue weighted by molar-refractivity contribution is 0.349. The van der Waals surface area contributed by atoms with Crippen LogP contribution in [0.25, 0.3) is 0 Å². The first kappa shape index (κ1) is 12.2. The summed E-state index contributed by atoms with van der Waals surface area (Å²) in [5, 5.41) is 3.58. The van der Waals surface area contributed by atoms with E-state index in [9.17, 15) is 0 Å². The second-order valence-corrected chi connectivity index (χ2v) is 6.52. The molecular formula is C17H25N. The highest BCUT2D eigenvalue weighted by atomic mass is 14.9. The maximum Gasteiger partial charge on any atom is 0.0133 e. The Kier molecular flexibility index (Phi) is 3.19. The first-order valence-electron chi connectivity index (χ1n) is 7.40. The summed E-state index contributed by atoms with van der Waals surface area (Å²) < 4.78 is 0. The predicted octanol–water partition coefficient (Wildman–Crippen LogP) is 3.48. The average molecular weight is 243 g/mol. The molecule has 0 aromatic heterocycles. The van der Waals surface area contributed by atoms with Gasteiger partial charge in [-0.2, -0.15) is 0 Å². The summed E-state index contributed by atoms with van der Waals surface area (Å²) >= 11 is 0. The zero-order chi connectivity index (χ0) is 12.7. The molecule has 1 heteroatoms. The molecule has 3 atom stereocenters. The van der Waals surface area contributed by atoms with Gasteiger partial charge >= 0.3 is 0 Å². The Balaban J connectivity index is 1.70. The largest absolute Gasteiger partial charge is 0.316 e. The van der Waals surface area contributed by atoms with Crippen LogP contribution in [0.1, 0.15) is 36.0 Å². The van der Waals surface area contributed by atoms with E-state index in [1.165, 1.54) is 42.4 Å². The Morgan fingerprint density at radius 2 is 1.89 bits per heavy atom.